The quantitative estimate of drug-likeness (QED) is 0.737. The molecule has 0 radical (unpaired) electrons. The fourth-order valence-electron chi connectivity index (χ4n) is 4.40. The third kappa shape index (κ3) is 3.49. The minimum Gasteiger partial charge on any atom is -0.490 e. The molecule has 0 spiro atoms. The molecule has 0 aliphatic carbocycles. The lowest BCUT2D eigenvalue weighted by Crippen LogP contribution is -2.25. The van der Waals surface area contributed by atoms with Gasteiger partial charge in [-0.05, 0) is 55.6 Å². The summed E-state index contributed by atoms with van der Waals surface area (Å²) in [5.74, 6) is 2.38. The molecule has 3 aromatic rings. The van der Waals surface area contributed by atoms with Gasteiger partial charge in [-0.1, -0.05) is 18.2 Å². The first kappa shape index (κ1) is 18.2. The first-order valence-electron chi connectivity index (χ1n) is 10.3. The second-order valence-corrected chi connectivity index (χ2v) is 7.87. The molecule has 150 valence electrons. The number of fused-ring (bicyclic) bond motifs is 2. The lowest BCUT2D eigenvalue weighted by molar-refractivity contribution is 0.241. The van der Waals surface area contributed by atoms with Crippen LogP contribution in [-0.2, 0) is 6.54 Å². The molecule has 1 aromatic heterocycles. The first-order chi connectivity index (χ1) is 14.2. The monoisotopic (exact) mass is 391 g/mol. The number of benzene rings is 2. The van der Waals surface area contributed by atoms with Crippen LogP contribution >= 0.6 is 0 Å². The van der Waals surface area contributed by atoms with Crippen LogP contribution in [0.1, 0.15) is 42.3 Å². The Kier molecular flexibility index (Phi) is 4.72. The molecule has 1 saturated heterocycles. The Bertz CT molecular complexity index is 1110. The second kappa shape index (κ2) is 7.52. The number of nitrogens with one attached hydrogen (secondary N) is 1. The van der Waals surface area contributed by atoms with Gasteiger partial charge in [-0.15, -0.1) is 0 Å². The highest BCUT2D eigenvalue weighted by atomic mass is 16.5. The van der Waals surface area contributed by atoms with Gasteiger partial charge in [-0.2, -0.15) is 0 Å². The number of aryl methyl sites for hydroxylation is 1. The van der Waals surface area contributed by atoms with Gasteiger partial charge in [0.15, 0.2) is 11.5 Å². The maximum Gasteiger partial charge on any atom is 0.258 e. The van der Waals surface area contributed by atoms with Crippen LogP contribution in [-0.4, -0.2) is 34.6 Å². The SMILES string of the molecule is Cc1cccc2c(=O)[nH]c(CN3CCC[C@@H]3c3ccc4c(c3)OCCCO4)nc12. The summed E-state index contributed by atoms with van der Waals surface area (Å²) in [6.45, 7) is 4.98. The van der Waals surface area contributed by atoms with Crippen molar-refractivity contribution >= 4 is 10.9 Å². The number of hydrogen-bond donors (Lipinski definition) is 1. The number of aromatic nitrogens is 2. The van der Waals surface area contributed by atoms with E-state index < -0.39 is 0 Å². The maximum absolute atomic E-state index is 12.5. The molecule has 6 heteroatoms. The Hall–Kier alpha value is -2.86. The van der Waals surface area contributed by atoms with E-state index >= 15 is 0 Å². The lowest BCUT2D eigenvalue weighted by Gasteiger charge is -2.25. The van der Waals surface area contributed by atoms with Gasteiger partial charge in [0.1, 0.15) is 5.82 Å². The number of H-pyrrole nitrogens is 1. The Labute approximate surface area is 169 Å². The summed E-state index contributed by atoms with van der Waals surface area (Å²) >= 11 is 0. The highest BCUT2D eigenvalue weighted by molar-refractivity contribution is 5.80. The van der Waals surface area contributed by atoms with E-state index in [4.69, 9.17) is 14.5 Å². The maximum atomic E-state index is 12.5. The summed E-state index contributed by atoms with van der Waals surface area (Å²) in [7, 11) is 0. The molecule has 2 aliphatic rings. The summed E-state index contributed by atoms with van der Waals surface area (Å²) in [5.41, 5.74) is 2.97. The van der Waals surface area contributed by atoms with Gasteiger partial charge in [0, 0.05) is 12.5 Å². The minimum atomic E-state index is -0.0694. The van der Waals surface area contributed by atoms with Crippen LogP contribution in [0.4, 0.5) is 0 Å². The highest BCUT2D eigenvalue weighted by Gasteiger charge is 2.28. The van der Waals surface area contributed by atoms with E-state index in [0.717, 1.165) is 54.2 Å². The van der Waals surface area contributed by atoms with Crippen molar-refractivity contribution in [2.45, 2.75) is 38.8 Å². The van der Waals surface area contributed by atoms with Crippen molar-refractivity contribution in [2.24, 2.45) is 0 Å². The fourth-order valence-corrected chi connectivity index (χ4v) is 4.40. The van der Waals surface area contributed by atoms with Crippen LogP contribution in [0.3, 0.4) is 0 Å². The van der Waals surface area contributed by atoms with Gasteiger partial charge in [-0.25, -0.2) is 4.98 Å². The number of nitrogens with zero attached hydrogens (tertiary/aromatic N) is 2. The Balaban J connectivity index is 1.43. The molecule has 6 nitrogen and oxygen atoms in total. The van der Waals surface area contributed by atoms with Crippen LogP contribution in [0.15, 0.2) is 41.2 Å². The van der Waals surface area contributed by atoms with Crippen LogP contribution < -0.4 is 15.0 Å². The molecule has 2 aliphatic heterocycles. The van der Waals surface area contributed by atoms with E-state index in [1.807, 2.05) is 31.2 Å². The molecule has 1 fully saturated rings. The molecule has 1 N–H and O–H groups in total. The zero-order valence-corrected chi connectivity index (χ0v) is 16.6. The second-order valence-electron chi connectivity index (χ2n) is 7.87. The molecule has 0 amide bonds. The van der Waals surface area contributed by atoms with Crippen molar-refractivity contribution in [1.29, 1.82) is 0 Å². The van der Waals surface area contributed by atoms with Gasteiger partial charge in [-0.3, -0.25) is 9.69 Å². The minimum absolute atomic E-state index is 0.0694. The van der Waals surface area contributed by atoms with Gasteiger partial charge < -0.3 is 14.5 Å². The molecule has 0 unspecified atom stereocenters. The highest BCUT2D eigenvalue weighted by Crippen LogP contribution is 2.38. The number of para-hydroxylation sites is 1. The van der Waals surface area contributed by atoms with Gasteiger partial charge in [0.05, 0.1) is 30.7 Å². The Morgan fingerprint density at radius 1 is 1.14 bits per heavy atom. The number of rotatable bonds is 3. The van der Waals surface area contributed by atoms with Crippen molar-refractivity contribution in [1.82, 2.24) is 14.9 Å². The third-order valence-electron chi connectivity index (χ3n) is 5.86. The average Bonchev–Trinajstić information content (AvgIpc) is 3.04. The summed E-state index contributed by atoms with van der Waals surface area (Å²) in [6, 6.07) is 12.3. The number of likely N-dealkylation sites (tertiary alicyclic amines) is 1. The predicted molar refractivity (Wildman–Crippen MR) is 112 cm³/mol. The molecular formula is C23H25N3O3. The lowest BCUT2D eigenvalue weighted by atomic mass is 10.0. The first-order valence-corrected chi connectivity index (χ1v) is 10.3. The Morgan fingerprint density at radius 2 is 2.00 bits per heavy atom. The van der Waals surface area contributed by atoms with Crippen LogP contribution in [0.2, 0.25) is 0 Å². The molecule has 0 saturated carbocycles. The van der Waals surface area contributed by atoms with E-state index in [9.17, 15) is 4.79 Å². The normalized spacial score (nSPS) is 19.4. The zero-order valence-electron chi connectivity index (χ0n) is 16.6. The molecule has 2 aromatic carbocycles. The fraction of sp³-hybridized carbons (Fsp3) is 0.391. The molecule has 0 bridgehead atoms. The third-order valence-corrected chi connectivity index (χ3v) is 5.86. The van der Waals surface area contributed by atoms with Crippen molar-refractivity contribution < 1.29 is 9.47 Å². The van der Waals surface area contributed by atoms with Gasteiger partial charge >= 0.3 is 0 Å². The van der Waals surface area contributed by atoms with Gasteiger partial charge in [0.2, 0.25) is 0 Å². The molecule has 5 rings (SSSR count). The van der Waals surface area contributed by atoms with E-state index in [1.54, 1.807) is 0 Å². The number of hydrogen-bond acceptors (Lipinski definition) is 5. The number of aromatic amines is 1. The van der Waals surface area contributed by atoms with E-state index in [0.29, 0.717) is 25.1 Å². The van der Waals surface area contributed by atoms with Crippen LogP contribution in [0.5, 0.6) is 11.5 Å². The van der Waals surface area contributed by atoms with Crippen LogP contribution in [0, 0.1) is 6.92 Å². The zero-order chi connectivity index (χ0) is 19.8. The standard InChI is InChI=1S/C23H25N3O3/c1-15-5-2-6-17-22(15)24-21(25-23(17)27)14-26-10-3-7-18(26)16-8-9-19-20(13-16)29-12-4-11-28-19/h2,5-6,8-9,13,18H,3-4,7,10-12,14H2,1H3,(H,24,25,27)/t18-/m1/s1. The van der Waals surface area contributed by atoms with Crippen LogP contribution in [0.25, 0.3) is 10.9 Å². The summed E-state index contributed by atoms with van der Waals surface area (Å²) in [6.07, 6.45) is 3.10. The summed E-state index contributed by atoms with van der Waals surface area (Å²) in [5, 5.41) is 0.648. The predicted octanol–water partition coefficient (Wildman–Crippen LogP) is 3.73. The summed E-state index contributed by atoms with van der Waals surface area (Å²) in [4.78, 5) is 22.7. The smallest absolute Gasteiger partial charge is 0.258 e. The summed E-state index contributed by atoms with van der Waals surface area (Å²) < 4.78 is 11.6. The van der Waals surface area contributed by atoms with Crippen molar-refractivity contribution in [3.8, 4) is 11.5 Å². The number of ether oxygens (including phenoxy) is 2. The molecule has 1 atom stereocenters. The molecule has 3 heterocycles. The topological polar surface area (TPSA) is 67.5 Å². The van der Waals surface area contributed by atoms with Crippen molar-refractivity contribution in [2.75, 3.05) is 19.8 Å². The average molecular weight is 391 g/mol. The van der Waals surface area contributed by atoms with Crippen molar-refractivity contribution in [3.63, 3.8) is 0 Å². The van der Waals surface area contributed by atoms with E-state index in [2.05, 4.69) is 22.0 Å². The van der Waals surface area contributed by atoms with Crippen molar-refractivity contribution in [3.05, 3.63) is 63.7 Å². The molecule has 29 heavy (non-hydrogen) atoms. The largest absolute Gasteiger partial charge is 0.490 e. The van der Waals surface area contributed by atoms with Gasteiger partial charge in [0.25, 0.3) is 5.56 Å². The van der Waals surface area contributed by atoms with E-state index in [1.165, 1.54) is 5.56 Å². The molecular weight excluding hydrogens is 366 g/mol. The van der Waals surface area contributed by atoms with E-state index in [-0.39, 0.29) is 11.6 Å². The Morgan fingerprint density at radius 3 is 2.90 bits per heavy atom.